The third-order valence-corrected chi connectivity index (χ3v) is 2.79. The molecular weight excluding hydrogens is 176 g/mol. The number of nitrogens with one attached hydrogen (secondary N) is 1. The number of methoxy groups -OCH3 is 1. The van der Waals surface area contributed by atoms with Crippen molar-refractivity contribution < 1.29 is 4.74 Å². The Morgan fingerprint density at radius 1 is 1.50 bits per heavy atom. The molecule has 76 valence electrons. The molecule has 1 unspecified atom stereocenters. The predicted molar refractivity (Wildman–Crippen MR) is 57.6 cm³/mol. The van der Waals surface area contributed by atoms with Crippen LogP contribution in [0.5, 0.6) is 5.75 Å². The topological polar surface area (TPSA) is 47.3 Å². The van der Waals surface area contributed by atoms with E-state index in [0.29, 0.717) is 5.92 Å². The summed E-state index contributed by atoms with van der Waals surface area (Å²) in [6.45, 7) is 2.08. The maximum absolute atomic E-state index is 5.97. The molecule has 1 fully saturated rings. The number of nitrogens with two attached hydrogens (primary N) is 1. The lowest BCUT2D eigenvalue weighted by atomic mass is 9.96. The van der Waals surface area contributed by atoms with E-state index >= 15 is 0 Å². The Kier molecular flexibility index (Phi) is 2.59. The molecule has 0 amide bonds. The van der Waals surface area contributed by atoms with Gasteiger partial charge in [0.2, 0.25) is 0 Å². The van der Waals surface area contributed by atoms with E-state index in [9.17, 15) is 0 Å². The summed E-state index contributed by atoms with van der Waals surface area (Å²) in [5.41, 5.74) is 7.98. The van der Waals surface area contributed by atoms with Crippen LogP contribution in [-0.4, -0.2) is 20.2 Å². The summed E-state index contributed by atoms with van der Waals surface area (Å²) in [7, 11) is 1.70. The highest BCUT2D eigenvalue weighted by Crippen LogP contribution is 2.34. The van der Waals surface area contributed by atoms with Crippen LogP contribution in [-0.2, 0) is 0 Å². The molecule has 1 aliphatic heterocycles. The molecule has 3 heteroatoms. The van der Waals surface area contributed by atoms with Gasteiger partial charge in [-0.25, -0.2) is 0 Å². The summed E-state index contributed by atoms with van der Waals surface area (Å²) >= 11 is 0. The van der Waals surface area contributed by atoms with Crippen LogP contribution in [0.15, 0.2) is 18.2 Å². The summed E-state index contributed by atoms with van der Waals surface area (Å²) in [4.78, 5) is 0. The first-order chi connectivity index (χ1) is 6.83. The van der Waals surface area contributed by atoms with Crippen LogP contribution in [0.1, 0.15) is 17.9 Å². The molecule has 1 saturated heterocycles. The van der Waals surface area contributed by atoms with Crippen molar-refractivity contribution in [3.8, 4) is 5.75 Å². The zero-order valence-corrected chi connectivity index (χ0v) is 8.42. The van der Waals surface area contributed by atoms with E-state index in [1.54, 1.807) is 7.11 Å². The van der Waals surface area contributed by atoms with Crippen LogP contribution < -0.4 is 15.8 Å². The number of benzene rings is 1. The highest BCUT2D eigenvalue weighted by molar-refractivity contribution is 5.56. The van der Waals surface area contributed by atoms with Gasteiger partial charge in [0, 0.05) is 23.7 Å². The second-order valence-electron chi connectivity index (χ2n) is 3.65. The number of ether oxygens (including phenoxy) is 1. The lowest BCUT2D eigenvalue weighted by molar-refractivity contribution is 0.407. The first-order valence-electron chi connectivity index (χ1n) is 4.96. The molecule has 3 nitrogen and oxygen atoms in total. The van der Waals surface area contributed by atoms with Gasteiger partial charge in [0.1, 0.15) is 5.75 Å². The lowest BCUT2D eigenvalue weighted by Crippen LogP contribution is -2.10. The van der Waals surface area contributed by atoms with Gasteiger partial charge in [0.25, 0.3) is 0 Å². The van der Waals surface area contributed by atoms with Gasteiger partial charge < -0.3 is 15.8 Å². The summed E-state index contributed by atoms with van der Waals surface area (Å²) in [6, 6.07) is 5.85. The average molecular weight is 192 g/mol. The molecule has 2 rings (SSSR count). The number of anilines is 1. The monoisotopic (exact) mass is 192 g/mol. The van der Waals surface area contributed by atoms with Crippen LogP contribution in [0, 0.1) is 0 Å². The molecule has 0 aromatic heterocycles. The van der Waals surface area contributed by atoms with Crippen molar-refractivity contribution >= 4 is 5.69 Å². The lowest BCUT2D eigenvalue weighted by Gasteiger charge is -2.15. The smallest absolute Gasteiger partial charge is 0.124 e. The summed E-state index contributed by atoms with van der Waals surface area (Å²) in [5.74, 6) is 1.42. The number of hydrogen-bond acceptors (Lipinski definition) is 3. The maximum Gasteiger partial charge on any atom is 0.124 e. The predicted octanol–water partition coefficient (Wildman–Crippen LogP) is 1.35. The number of hydrogen-bond donors (Lipinski definition) is 2. The van der Waals surface area contributed by atoms with Crippen LogP contribution in [0.3, 0.4) is 0 Å². The third kappa shape index (κ3) is 1.55. The molecule has 0 bridgehead atoms. The molecular formula is C11H16N2O. The second kappa shape index (κ2) is 3.88. The standard InChI is InChI=1S/C11H16N2O/c1-14-10-4-2-3-9(12)11(10)8-5-6-13-7-8/h2-4,8,13H,5-7,12H2,1H3. The Morgan fingerprint density at radius 2 is 2.36 bits per heavy atom. The summed E-state index contributed by atoms with van der Waals surface area (Å²) in [5, 5.41) is 3.34. The maximum atomic E-state index is 5.97. The molecule has 1 aromatic rings. The molecule has 1 atom stereocenters. The highest BCUT2D eigenvalue weighted by Gasteiger charge is 2.22. The van der Waals surface area contributed by atoms with Gasteiger partial charge >= 0.3 is 0 Å². The molecule has 0 aliphatic carbocycles. The van der Waals surface area contributed by atoms with E-state index in [2.05, 4.69) is 5.32 Å². The minimum atomic E-state index is 0.506. The minimum absolute atomic E-state index is 0.506. The minimum Gasteiger partial charge on any atom is -0.496 e. The van der Waals surface area contributed by atoms with Gasteiger partial charge in [-0.3, -0.25) is 0 Å². The SMILES string of the molecule is COc1cccc(N)c1C1CCNC1. The van der Waals surface area contributed by atoms with E-state index in [-0.39, 0.29) is 0 Å². The van der Waals surface area contributed by atoms with Crippen molar-refractivity contribution in [1.29, 1.82) is 0 Å². The van der Waals surface area contributed by atoms with E-state index in [1.165, 1.54) is 5.56 Å². The van der Waals surface area contributed by atoms with Gasteiger partial charge in [-0.1, -0.05) is 6.07 Å². The fraction of sp³-hybridized carbons (Fsp3) is 0.455. The molecule has 1 aliphatic rings. The Balaban J connectivity index is 2.37. The van der Waals surface area contributed by atoms with Gasteiger partial charge in [-0.05, 0) is 25.1 Å². The molecule has 0 spiro atoms. The molecule has 1 heterocycles. The second-order valence-corrected chi connectivity index (χ2v) is 3.65. The van der Waals surface area contributed by atoms with Crippen molar-refractivity contribution in [3.05, 3.63) is 23.8 Å². The van der Waals surface area contributed by atoms with Gasteiger partial charge in [0.15, 0.2) is 0 Å². The molecule has 0 saturated carbocycles. The van der Waals surface area contributed by atoms with Crippen molar-refractivity contribution in [3.63, 3.8) is 0 Å². The van der Waals surface area contributed by atoms with E-state index < -0.39 is 0 Å². The quantitative estimate of drug-likeness (QED) is 0.695. The fourth-order valence-corrected chi connectivity index (χ4v) is 2.08. The first kappa shape index (κ1) is 9.34. The Morgan fingerprint density at radius 3 is 3.00 bits per heavy atom. The molecule has 0 radical (unpaired) electrons. The summed E-state index contributed by atoms with van der Waals surface area (Å²) < 4.78 is 5.33. The van der Waals surface area contributed by atoms with E-state index in [0.717, 1.165) is 30.9 Å². The zero-order valence-electron chi connectivity index (χ0n) is 8.42. The Hall–Kier alpha value is -1.22. The highest BCUT2D eigenvalue weighted by atomic mass is 16.5. The van der Waals surface area contributed by atoms with Gasteiger partial charge in [0.05, 0.1) is 7.11 Å². The van der Waals surface area contributed by atoms with Gasteiger partial charge in [-0.15, -0.1) is 0 Å². The van der Waals surface area contributed by atoms with Crippen LogP contribution in [0.25, 0.3) is 0 Å². The normalized spacial score (nSPS) is 21.1. The van der Waals surface area contributed by atoms with Crippen molar-refractivity contribution in [2.45, 2.75) is 12.3 Å². The number of nitrogen functional groups attached to an aromatic ring is 1. The molecule has 3 N–H and O–H groups in total. The largest absolute Gasteiger partial charge is 0.496 e. The van der Waals surface area contributed by atoms with E-state index in [4.69, 9.17) is 10.5 Å². The van der Waals surface area contributed by atoms with Crippen LogP contribution >= 0.6 is 0 Å². The first-order valence-corrected chi connectivity index (χ1v) is 4.96. The summed E-state index contributed by atoms with van der Waals surface area (Å²) in [6.07, 6.45) is 1.14. The van der Waals surface area contributed by atoms with Crippen molar-refractivity contribution in [2.24, 2.45) is 0 Å². The molecule has 14 heavy (non-hydrogen) atoms. The zero-order chi connectivity index (χ0) is 9.97. The van der Waals surface area contributed by atoms with Crippen LogP contribution in [0.2, 0.25) is 0 Å². The average Bonchev–Trinajstić information content (AvgIpc) is 2.70. The Bertz CT molecular complexity index is 319. The third-order valence-electron chi connectivity index (χ3n) is 2.79. The van der Waals surface area contributed by atoms with Crippen LogP contribution in [0.4, 0.5) is 5.69 Å². The number of rotatable bonds is 2. The molecule has 1 aromatic carbocycles. The Labute approximate surface area is 84.3 Å². The van der Waals surface area contributed by atoms with Crippen molar-refractivity contribution in [2.75, 3.05) is 25.9 Å². The van der Waals surface area contributed by atoms with Crippen molar-refractivity contribution in [1.82, 2.24) is 5.32 Å². The van der Waals surface area contributed by atoms with E-state index in [1.807, 2.05) is 18.2 Å². The fourth-order valence-electron chi connectivity index (χ4n) is 2.08. The van der Waals surface area contributed by atoms with Gasteiger partial charge in [-0.2, -0.15) is 0 Å².